The summed E-state index contributed by atoms with van der Waals surface area (Å²) >= 11 is 0. The molecular weight excluding hydrogens is 316 g/mol. The van der Waals surface area contributed by atoms with Crippen LogP contribution in [0.1, 0.15) is 24.1 Å². The molecule has 0 atom stereocenters. The van der Waals surface area contributed by atoms with Crippen molar-refractivity contribution in [3.05, 3.63) is 41.4 Å². The lowest BCUT2D eigenvalue weighted by Gasteiger charge is -2.29. The number of nitrogens with one attached hydrogen (secondary N) is 1. The fraction of sp³-hybridized carbons (Fsp3) is 0.368. The standard InChI is InChI=1S/C19H22N4O2/c1-3-24-16-7-4-15(5-8-16)6-9-18-21-17(14-20)19(25-18)23-12-10-22(2)11-13-23/h4-9H,3,10-13H2,1-2H3/p+1/b9-6+. The van der Waals surface area contributed by atoms with Crippen molar-refractivity contribution in [1.82, 2.24) is 4.98 Å². The molecule has 0 radical (unpaired) electrons. The number of piperazine rings is 1. The van der Waals surface area contributed by atoms with Crippen molar-refractivity contribution >= 4 is 18.0 Å². The van der Waals surface area contributed by atoms with Gasteiger partial charge in [0, 0.05) is 6.08 Å². The molecule has 3 rings (SSSR count). The molecule has 1 aromatic carbocycles. The summed E-state index contributed by atoms with van der Waals surface area (Å²) in [5.41, 5.74) is 1.37. The highest BCUT2D eigenvalue weighted by atomic mass is 16.5. The number of nitrogens with zero attached hydrogens (tertiary/aromatic N) is 3. The Bertz CT molecular complexity index is 766. The average Bonchev–Trinajstić information content (AvgIpc) is 3.05. The maximum Gasteiger partial charge on any atom is 0.235 e. The van der Waals surface area contributed by atoms with Crippen molar-refractivity contribution in [3.63, 3.8) is 0 Å². The van der Waals surface area contributed by atoms with E-state index in [0.29, 0.717) is 24.1 Å². The van der Waals surface area contributed by atoms with E-state index in [-0.39, 0.29) is 0 Å². The van der Waals surface area contributed by atoms with Crippen LogP contribution >= 0.6 is 0 Å². The van der Waals surface area contributed by atoms with E-state index >= 15 is 0 Å². The van der Waals surface area contributed by atoms with Gasteiger partial charge in [-0.1, -0.05) is 12.1 Å². The molecule has 1 saturated heterocycles. The highest BCUT2D eigenvalue weighted by Gasteiger charge is 2.23. The zero-order valence-electron chi connectivity index (χ0n) is 14.7. The van der Waals surface area contributed by atoms with Gasteiger partial charge in [-0.25, -0.2) is 0 Å². The maximum absolute atomic E-state index is 9.34. The molecule has 2 heterocycles. The van der Waals surface area contributed by atoms with E-state index < -0.39 is 0 Å². The molecule has 130 valence electrons. The van der Waals surface area contributed by atoms with E-state index in [2.05, 4.69) is 23.0 Å². The molecular formula is C19H23N4O2+. The van der Waals surface area contributed by atoms with E-state index in [0.717, 1.165) is 37.5 Å². The quantitative estimate of drug-likeness (QED) is 0.893. The summed E-state index contributed by atoms with van der Waals surface area (Å²) in [6.07, 6.45) is 3.71. The smallest absolute Gasteiger partial charge is 0.235 e. The molecule has 0 spiro atoms. The van der Waals surface area contributed by atoms with Crippen molar-refractivity contribution in [2.24, 2.45) is 0 Å². The normalized spacial score (nSPS) is 15.5. The second-order valence-electron chi connectivity index (χ2n) is 6.10. The van der Waals surface area contributed by atoms with Gasteiger partial charge >= 0.3 is 0 Å². The number of nitriles is 1. The van der Waals surface area contributed by atoms with Gasteiger partial charge in [0.2, 0.25) is 17.5 Å². The van der Waals surface area contributed by atoms with Crippen molar-refractivity contribution in [3.8, 4) is 11.8 Å². The number of likely N-dealkylation sites (N-methyl/N-ethyl adjacent to an activating group) is 1. The number of rotatable bonds is 5. The molecule has 1 fully saturated rings. The van der Waals surface area contributed by atoms with Crippen LogP contribution < -0.4 is 14.5 Å². The highest BCUT2D eigenvalue weighted by molar-refractivity contribution is 5.67. The lowest BCUT2D eigenvalue weighted by molar-refractivity contribution is -0.880. The lowest BCUT2D eigenvalue weighted by Crippen LogP contribution is -3.12. The van der Waals surface area contributed by atoms with Crippen molar-refractivity contribution in [2.75, 3.05) is 44.7 Å². The molecule has 1 N–H and O–H groups in total. The van der Waals surface area contributed by atoms with Crippen LogP contribution in [0.3, 0.4) is 0 Å². The van der Waals surface area contributed by atoms with Gasteiger partial charge in [0.25, 0.3) is 0 Å². The third kappa shape index (κ3) is 4.20. The predicted molar refractivity (Wildman–Crippen MR) is 96.6 cm³/mol. The molecule has 25 heavy (non-hydrogen) atoms. The summed E-state index contributed by atoms with van der Waals surface area (Å²) in [5.74, 6) is 1.88. The molecule has 0 saturated carbocycles. The Hall–Kier alpha value is -2.78. The summed E-state index contributed by atoms with van der Waals surface area (Å²) in [5, 5.41) is 9.34. The molecule has 1 aliphatic rings. The fourth-order valence-electron chi connectivity index (χ4n) is 2.79. The molecule has 0 aliphatic carbocycles. The minimum Gasteiger partial charge on any atom is -0.494 e. The molecule has 1 aliphatic heterocycles. The van der Waals surface area contributed by atoms with Crippen molar-refractivity contribution in [2.45, 2.75) is 6.92 Å². The van der Waals surface area contributed by atoms with Gasteiger partial charge in [-0.2, -0.15) is 10.2 Å². The Morgan fingerprint density at radius 2 is 2.00 bits per heavy atom. The number of benzene rings is 1. The SMILES string of the molecule is CCOc1ccc(/C=C/c2nc(C#N)c(N3CC[NH+](C)CC3)o2)cc1. The number of hydrogen-bond acceptors (Lipinski definition) is 5. The van der Waals surface area contributed by atoms with Crippen LogP contribution in [-0.4, -0.2) is 44.8 Å². The Kier molecular flexibility index (Phi) is 5.36. The molecule has 6 heteroatoms. The molecule has 6 nitrogen and oxygen atoms in total. The zero-order chi connectivity index (χ0) is 17.6. The maximum atomic E-state index is 9.34. The van der Waals surface area contributed by atoms with Crippen molar-refractivity contribution in [1.29, 1.82) is 5.26 Å². The minimum atomic E-state index is 0.353. The summed E-state index contributed by atoms with van der Waals surface area (Å²) in [4.78, 5) is 7.89. The second-order valence-corrected chi connectivity index (χ2v) is 6.10. The Labute approximate surface area is 147 Å². The van der Waals surface area contributed by atoms with Gasteiger partial charge < -0.3 is 19.0 Å². The van der Waals surface area contributed by atoms with E-state index in [1.807, 2.05) is 37.3 Å². The van der Waals surface area contributed by atoms with Gasteiger partial charge in [0.05, 0.1) is 39.8 Å². The minimum absolute atomic E-state index is 0.353. The van der Waals surface area contributed by atoms with Crippen LogP contribution in [0.15, 0.2) is 28.7 Å². The van der Waals surface area contributed by atoms with Gasteiger partial charge in [-0.05, 0) is 30.7 Å². The van der Waals surface area contributed by atoms with E-state index in [4.69, 9.17) is 9.15 Å². The molecule has 2 aromatic rings. The molecule has 0 bridgehead atoms. The molecule has 1 aromatic heterocycles. The second kappa shape index (κ2) is 7.86. The summed E-state index contributed by atoms with van der Waals surface area (Å²) in [6, 6.07) is 9.94. The first-order chi connectivity index (χ1) is 12.2. The number of oxazole rings is 1. The van der Waals surface area contributed by atoms with Crippen LogP contribution in [0, 0.1) is 11.3 Å². The fourth-order valence-corrected chi connectivity index (χ4v) is 2.79. The van der Waals surface area contributed by atoms with Crippen LogP contribution in [0.4, 0.5) is 5.88 Å². The highest BCUT2D eigenvalue weighted by Crippen LogP contribution is 2.23. The van der Waals surface area contributed by atoms with Gasteiger partial charge in [-0.3, -0.25) is 0 Å². The number of aromatic nitrogens is 1. The molecule has 0 amide bonds. The number of ether oxygens (including phenoxy) is 1. The van der Waals surface area contributed by atoms with Gasteiger partial charge in [-0.15, -0.1) is 0 Å². The largest absolute Gasteiger partial charge is 0.494 e. The zero-order valence-corrected chi connectivity index (χ0v) is 14.7. The summed E-state index contributed by atoms with van der Waals surface area (Å²) in [7, 11) is 2.17. The van der Waals surface area contributed by atoms with Gasteiger partial charge in [0.15, 0.2) is 0 Å². The van der Waals surface area contributed by atoms with Crippen molar-refractivity contribution < 1.29 is 14.1 Å². The van der Waals surface area contributed by atoms with Crippen LogP contribution in [0.2, 0.25) is 0 Å². The first-order valence-corrected chi connectivity index (χ1v) is 8.57. The first kappa shape index (κ1) is 17.1. The van der Waals surface area contributed by atoms with Gasteiger partial charge in [0.1, 0.15) is 11.8 Å². The lowest BCUT2D eigenvalue weighted by atomic mass is 10.2. The van der Waals surface area contributed by atoms with E-state index in [1.165, 1.54) is 4.90 Å². The van der Waals surface area contributed by atoms with Crippen LogP contribution in [0.25, 0.3) is 12.2 Å². The molecule has 0 unspecified atom stereocenters. The van der Waals surface area contributed by atoms with Crippen LogP contribution in [-0.2, 0) is 0 Å². The number of quaternary nitrogens is 1. The summed E-state index contributed by atoms with van der Waals surface area (Å²) in [6.45, 7) is 6.42. The monoisotopic (exact) mass is 339 g/mol. The number of hydrogen-bond donors (Lipinski definition) is 1. The third-order valence-corrected chi connectivity index (χ3v) is 4.25. The Balaban J connectivity index is 1.73. The Morgan fingerprint density at radius 1 is 1.28 bits per heavy atom. The topological polar surface area (TPSA) is 66.7 Å². The average molecular weight is 339 g/mol. The first-order valence-electron chi connectivity index (χ1n) is 8.57. The van der Waals surface area contributed by atoms with E-state index in [1.54, 1.807) is 6.08 Å². The van der Waals surface area contributed by atoms with Crippen LogP contribution in [0.5, 0.6) is 5.75 Å². The number of anilines is 1. The predicted octanol–water partition coefficient (Wildman–Crippen LogP) is 1.45. The summed E-state index contributed by atoms with van der Waals surface area (Å²) < 4.78 is 11.3. The Morgan fingerprint density at radius 3 is 2.64 bits per heavy atom. The van der Waals surface area contributed by atoms with E-state index in [9.17, 15) is 5.26 Å². The third-order valence-electron chi connectivity index (χ3n) is 4.25.